The maximum atomic E-state index is 11.9. The number of anilines is 1. The first-order chi connectivity index (χ1) is 10.5. The SMILES string of the molecule is CC(C)CNC(=O)[C@@H](C)Nc1ccc(O[C@@H]2CCOC2)cc1. The lowest BCUT2D eigenvalue weighted by atomic mass is 10.2. The van der Waals surface area contributed by atoms with Crippen LogP contribution in [0.25, 0.3) is 0 Å². The minimum atomic E-state index is -0.270. The number of carbonyl (C=O) groups is 1. The Kier molecular flexibility index (Phi) is 6.07. The molecule has 0 saturated carbocycles. The molecule has 2 rings (SSSR count). The number of carbonyl (C=O) groups excluding carboxylic acids is 1. The van der Waals surface area contributed by atoms with Gasteiger partial charge in [-0.2, -0.15) is 0 Å². The van der Waals surface area contributed by atoms with Crippen molar-refractivity contribution in [1.29, 1.82) is 0 Å². The Hall–Kier alpha value is -1.75. The third-order valence-electron chi connectivity index (χ3n) is 3.51. The number of hydrogen-bond acceptors (Lipinski definition) is 4. The van der Waals surface area contributed by atoms with E-state index in [-0.39, 0.29) is 18.1 Å². The van der Waals surface area contributed by atoms with Gasteiger partial charge in [0.2, 0.25) is 5.91 Å². The maximum Gasteiger partial charge on any atom is 0.242 e. The average Bonchev–Trinajstić information content (AvgIpc) is 2.99. The third kappa shape index (κ3) is 5.22. The largest absolute Gasteiger partial charge is 0.488 e. The van der Waals surface area contributed by atoms with Crippen LogP contribution in [0.5, 0.6) is 5.75 Å². The molecule has 1 heterocycles. The molecule has 0 aromatic heterocycles. The van der Waals surface area contributed by atoms with Crippen molar-refractivity contribution in [2.45, 2.75) is 39.3 Å². The fourth-order valence-electron chi connectivity index (χ4n) is 2.20. The van der Waals surface area contributed by atoms with Gasteiger partial charge in [0.15, 0.2) is 0 Å². The highest BCUT2D eigenvalue weighted by Gasteiger charge is 2.17. The van der Waals surface area contributed by atoms with Crippen LogP contribution < -0.4 is 15.4 Å². The summed E-state index contributed by atoms with van der Waals surface area (Å²) in [5.41, 5.74) is 0.905. The standard InChI is InChI=1S/C17H26N2O3/c1-12(2)10-18-17(20)13(3)19-14-4-6-15(7-5-14)22-16-8-9-21-11-16/h4-7,12-13,16,19H,8-11H2,1-3H3,(H,18,20)/t13-,16-/m1/s1. The minimum Gasteiger partial charge on any atom is -0.488 e. The zero-order chi connectivity index (χ0) is 15.9. The van der Waals surface area contributed by atoms with Gasteiger partial charge in [0.1, 0.15) is 17.9 Å². The van der Waals surface area contributed by atoms with Gasteiger partial charge in [-0.3, -0.25) is 4.79 Å². The Morgan fingerprint density at radius 1 is 1.32 bits per heavy atom. The van der Waals surface area contributed by atoms with Crippen molar-refractivity contribution in [1.82, 2.24) is 5.32 Å². The summed E-state index contributed by atoms with van der Waals surface area (Å²) in [5.74, 6) is 1.29. The van der Waals surface area contributed by atoms with Crippen molar-refractivity contribution in [3.05, 3.63) is 24.3 Å². The van der Waals surface area contributed by atoms with Gasteiger partial charge < -0.3 is 20.1 Å². The molecule has 1 aromatic carbocycles. The van der Waals surface area contributed by atoms with Crippen LogP contribution >= 0.6 is 0 Å². The van der Waals surface area contributed by atoms with Crippen LogP contribution in [0.15, 0.2) is 24.3 Å². The van der Waals surface area contributed by atoms with E-state index in [0.717, 1.165) is 24.5 Å². The van der Waals surface area contributed by atoms with Crippen LogP contribution in [-0.4, -0.2) is 37.8 Å². The van der Waals surface area contributed by atoms with Crippen molar-refractivity contribution in [3.8, 4) is 5.75 Å². The second-order valence-electron chi connectivity index (χ2n) is 6.13. The Labute approximate surface area is 132 Å². The Bertz CT molecular complexity index is 467. The highest BCUT2D eigenvalue weighted by atomic mass is 16.5. The summed E-state index contributed by atoms with van der Waals surface area (Å²) < 4.78 is 11.1. The molecule has 122 valence electrons. The van der Waals surface area contributed by atoms with Gasteiger partial charge in [-0.1, -0.05) is 13.8 Å². The molecule has 5 nitrogen and oxygen atoms in total. The van der Waals surface area contributed by atoms with Crippen molar-refractivity contribution in [2.75, 3.05) is 25.1 Å². The molecule has 2 N–H and O–H groups in total. The molecule has 5 heteroatoms. The topological polar surface area (TPSA) is 59.6 Å². The van der Waals surface area contributed by atoms with Crippen molar-refractivity contribution in [3.63, 3.8) is 0 Å². The number of amides is 1. The second kappa shape index (κ2) is 8.03. The molecular weight excluding hydrogens is 280 g/mol. The van der Waals surface area contributed by atoms with Crippen LogP contribution in [0, 0.1) is 5.92 Å². The quantitative estimate of drug-likeness (QED) is 0.812. The number of nitrogens with one attached hydrogen (secondary N) is 2. The molecule has 1 fully saturated rings. The lowest BCUT2D eigenvalue weighted by Gasteiger charge is -2.17. The van der Waals surface area contributed by atoms with Crippen molar-refractivity contribution >= 4 is 11.6 Å². The van der Waals surface area contributed by atoms with Gasteiger partial charge in [-0.15, -0.1) is 0 Å². The molecule has 0 bridgehead atoms. The van der Waals surface area contributed by atoms with Gasteiger partial charge >= 0.3 is 0 Å². The molecule has 0 aliphatic carbocycles. The number of hydrogen-bond donors (Lipinski definition) is 2. The van der Waals surface area contributed by atoms with E-state index in [1.807, 2.05) is 31.2 Å². The van der Waals surface area contributed by atoms with E-state index in [9.17, 15) is 4.79 Å². The summed E-state index contributed by atoms with van der Waals surface area (Å²) in [4.78, 5) is 11.9. The number of ether oxygens (including phenoxy) is 2. The van der Waals surface area contributed by atoms with E-state index < -0.39 is 0 Å². The van der Waals surface area contributed by atoms with Gasteiger partial charge in [0.25, 0.3) is 0 Å². The molecule has 0 radical (unpaired) electrons. The van der Waals surface area contributed by atoms with Crippen molar-refractivity contribution in [2.24, 2.45) is 5.92 Å². The smallest absolute Gasteiger partial charge is 0.242 e. The molecule has 2 atom stereocenters. The summed E-state index contributed by atoms with van der Waals surface area (Å²) in [7, 11) is 0. The van der Waals surface area contributed by atoms with E-state index in [1.54, 1.807) is 0 Å². The zero-order valence-corrected chi connectivity index (χ0v) is 13.6. The van der Waals surface area contributed by atoms with Crippen LogP contribution in [-0.2, 0) is 9.53 Å². The average molecular weight is 306 g/mol. The van der Waals surface area contributed by atoms with E-state index >= 15 is 0 Å². The van der Waals surface area contributed by atoms with E-state index in [2.05, 4.69) is 24.5 Å². The van der Waals surface area contributed by atoms with Crippen LogP contribution in [0.2, 0.25) is 0 Å². The van der Waals surface area contributed by atoms with E-state index in [4.69, 9.17) is 9.47 Å². The fourth-order valence-corrected chi connectivity index (χ4v) is 2.20. The molecule has 1 aliphatic rings. The fraction of sp³-hybridized carbons (Fsp3) is 0.588. The molecule has 1 aromatic rings. The summed E-state index contributed by atoms with van der Waals surface area (Å²) in [6.07, 6.45) is 1.09. The van der Waals surface area contributed by atoms with Gasteiger partial charge in [-0.25, -0.2) is 0 Å². The first-order valence-electron chi connectivity index (χ1n) is 7.93. The van der Waals surface area contributed by atoms with Gasteiger partial charge in [0, 0.05) is 18.7 Å². The lowest BCUT2D eigenvalue weighted by Crippen LogP contribution is -2.39. The molecule has 1 saturated heterocycles. The summed E-state index contributed by atoms with van der Waals surface area (Å²) in [5, 5.41) is 6.12. The molecule has 0 spiro atoms. The highest BCUT2D eigenvalue weighted by Crippen LogP contribution is 2.20. The summed E-state index contributed by atoms with van der Waals surface area (Å²) >= 11 is 0. The highest BCUT2D eigenvalue weighted by molar-refractivity contribution is 5.84. The Morgan fingerprint density at radius 2 is 2.05 bits per heavy atom. The summed E-state index contributed by atoms with van der Waals surface area (Å²) in [6, 6.07) is 7.42. The Morgan fingerprint density at radius 3 is 2.64 bits per heavy atom. The first kappa shape index (κ1) is 16.6. The van der Waals surface area contributed by atoms with Crippen LogP contribution in [0.4, 0.5) is 5.69 Å². The molecule has 0 unspecified atom stereocenters. The first-order valence-corrected chi connectivity index (χ1v) is 7.93. The lowest BCUT2D eigenvalue weighted by molar-refractivity contribution is -0.121. The minimum absolute atomic E-state index is 0.0112. The van der Waals surface area contributed by atoms with Crippen molar-refractivity contribution < 1.29 is 14.3 Å². The second-order valence-corrected chi connectivity index (χ2v) is 6.13. The van der Waals surface area contributed by atoms with Gasteiger partial charge in [0.05, 0.1) is 13.2 Å². The van der Waals surface area contributed by atoms with Gasteiger partial charge in [-0.05, 0) is 37.1 Å². The molecule has 22 heavy (non-hydrogen) atoms. The molecular formula is C17H26N2O3. The molecule has 1 amide bonds. The van der Waals surface area contributed by atoms with E-state index in [0.29, 0.717) is 19.1 Å². The number of benzene rings is 1. The number of rotatable bonds is 7. The zero-order valence-electron chi connectivity index (χ0n) is 13.6. The normalized spacial score (nSPS) is 19.0. The Balaban J connectivity index is 1.80. The van der Waals surface area contributed by atoms with E-state index in [1.165, 1.54) is 0 Å². The third-order valence-corrected chi connectivity index (χ3v) is 3.51. The van der Waals surface area contributed by atoms with Crippen LogP contribution in [0.1, 0.15) is 27.2 Å². The van der Waals surface area contributed by atoms with Crippen LogP contribution in [0.3, 0.4) is 0 Å². The maximum absolute atomic E-state index is 11.9. The summed E-state index contributed by atoms with van der Waals surface area (Å²) in [6.45, 7) is 8.14. The predicted molar refractivity (Wildman–Crippen MR) is 87.2 cm³/mol. The monoisotopic (exact) mass is 306 g/mol. The molecule has 1 aliphatic heterocycles. The predicted octanol–water partition coefficient (Wildman–Crippen LogP) is 2.43.